The second-order valence-corrected chi connectivity index (χ2v) is 6.65. The molecule has 2 aliphatic rings. The van der Waals surface area contributed by atoms with Crippen molar-refractivity contribution < 1.29 is 14.7 Å². The minimum Gasteiger partial charge on any atom is -0.396 e. The summed E-state index contributed by atoms with van der Waals surface area (Å²) in [4.78, 5) is 28.6. The molecule has 2 aliphatic heterocycles. The van der Waals surface area contributed by atoms with E-state index < -0.39 is 0 Å². The van der Waals surface area contributed by atoms with Crippen LogP contribution in [-0.2, 0) is 11.2 Å². The van der Waals surface area contributed by atoms with E-state index in [1.165, 1.54) is 0 Å². The number of nitrogens with zero attached hydrogens (tertiary/aromatic N) is 2. The van der Waals surface area contributed by atoms with Gasteiger partial charge in [-0.2, -0.15) is 0 Å². The van der Waals surface area contributed by atoms with E-state index in [2.05, 4.69) is 0 Å². The number of carbonyl (C=O) groups excluding carboxylic acids is 2. The molecule has 1 aromatic carbocycles. The number of piperidine rings is 1. The van der Waals surface area contributed by atoms with Crippen LogP contribution in [0.3, 0.4) is 0 Å². The van der Waals surface area contributed by atoms with Crippen molar-refractivity contribution in [3.63, 3.8) is 0 Å². The number of amides is 2. The zero-order valence-corrected chi connectivity index (χ0v) is 14.3. The highest BCUT2D eigenvalue weighted by Gasteiger charge is 2.29. The van der Waals surface area contributed by atoms with Crippen molar-refractivity contribution in [1.82, 2.24) is 4.90 Å². The molecule has 0 bridgehead atoms. The lowest BCUT2D eigenvalue weighted by Crippen LogP contribution is -2.44. The highest BCUT2D eigenvalue weighted by molar-refractivity contribution is 5.98. The molecular weight excluding hydrogens is 304 g/mol. The third-order valence-electron chi connectivity index (χ3n) is 5.18. The highest BCUT2D eigenvalue weighted by atomic mass is 16.3. The van der Waals surface area contributed by atoms with E-state index in [0.29, 0.717) is 24.9 Å². The van der Waals surface area contributed by atoms with Crippen LogP contribution >= 0.6 is 0 Å². The highest BCUT2D eigenvalue weighted by Crippen LogP contribution is 2.30. The molecule has 5 nitrogen and oxygen atoms in total. The Kier molecular flexibility index (Phi) is 5.19. The number of aliphatic hydroxyl groups excluding tert-OH is 1. The van der Waals surface area contributed by atoms with Crippen LogP contribution < -0.4 is 4.90 Å². The fourth-order valence-electron chi connectivity index (χ4n) is 3.87. The topological polar surface area (TPSA) is 60.9 Å². The van der Waals surface area contributed by atoms with Crippen LogP contribution in [0.2, 0.25) is 0 Å². The Bertz CT molecular complexity index is 627. The lowest BCUT2D eigenvalue weighted by Gasteiger charge is -2.35. The molecule has 1 atom stereocenters. The summed E-state index contributed by atoms with van der Waals surface area (Å²) in [6.45, 7) is 3.46. The van der Waals surface area contributed by atoms with Crippen LogP contribution in [0.4, 0.5) is 5.69 Å². The van der Waals surface area contributed by atoms with Gasteiger partial charge < -0.3 is 14.9 Å². The Balaban J connectivity index is 1.80. The second-order valence-electron chi connectivity index (χ2n) is 6.65. The van der Waals surface area contributed by atoms with E-state index in [0.717, 1.165) is 43.5 Å². The van der Waals surface area contributed by atoms with E-state index in [1.807, 2.05) is 34.9 Å². The quantitative estimate of drug-likeness (QED) is 0.922. The molecule has 3 rings (SSSR count). The fourth-order valence-corrected chi connectivity index (χ4v) is 3.87. The fraction of sp³-hybridized carbons (Fsp3) is 0.579. The van der Waals surface area contributed by atoms with Gasteiger partial charge in [-0.15, -0.1) is 0 Å². The van der Waals surface area contributed by atoms with Gasteiger partial charge in [0.2, 0.25) is 5.91 Å². The van der Waals surface area contributed by atoms with E-state index in [1.54, 1.807) is 0 Å². The maximum absolute atomic E-state index is 12.9. The first-order valence-corrected chi connectivity index (χ1v) is 9.00. The number of hydrogen-bond donors (Lipinski definition) is 1. The SMILES string of the molecule is CCC(=O)N1CCc2cc(C(=O)N3CCCCC3CCO)ccc21. The Morgan fingerprint density at radius 2 is 2.08 bits per heavy atom. The van der Waals surface area contributed by atoms with Gasteiger partial charge in [0.15, 0.2) is 0 Å². The van der Waals surface area contributed by atoms with Crippen molar-refractivity contribution in [3.8, 4) is 0 Å². The second kappa shape index (κ2) is 7.34. The van der Waals surface area contributed by atoms with Crippen molar-refractivity contribution in [3.05, 3.63) is 29.3 Å². The molecule has 130 valence electrons. The monoisotopic (exact) mass is 330 g/mol. The molecule has 0 saturated carbocycles. The number of likely N-dealkylation sites (tertiary alicyclic amines) is 1. The molecule has 2 amide bonds. The van der Waals surface area contributed by atoms with Crippen molar-refractivity contribution in [1.29, 1.82) is 0 Å². The number of anilines is 1. The Morgan fingerprint density at radius 1 is 1.25 bits per heavy atom. The average Bonchev–Trinajstić information content (AvgIpc) is 3.04. The van der Waals surface area contributed by atoms with E-state index in [4.69, 9.17) is 0 Å². The normalized spacial score (nSPS) is 20.2. The summed E-state index contributed by atoms with van der Waals surface area (Å²) in [6, 6.07) is 5.84. The van der Waals surface area contributed by atoms with Crippen molar-refractivity contribution in [2.24, 2.45) is 0 Å². The molecule has 1 saturated heterocycles. The Labute approximate surface area is 143 Å². The number of fused-ring (bicyclic) bond motifs is 1. The third kappa shape index (κ3) is 3.18. The molecule has 1 aromatic rings. The van der Waals surface area contributed by atoms with Gasteiger partial charge in [0.1, 0.15) is 0 Å². The Hall–Kier alpha value is -1.88. The van der Waals surface area contributed by atoms with Gasteiger partial charge in [-0.25, -0.2) is 0 Å². The first kappa shape index (κ1) is 17.0. The largest absolute Gasteiger partial charge is 0.396 e. The van der Waals surface area contributed by atoms with Gasteiger partial charge in [-0.3, -0.25) is 9.59 Å². The smallest absolute Gasteiger partial charge is 0.254 e. The van der Waals surface area contributed by atoms with Crippen LogP contribution in [0.1, 0.15) is 54.9 Å². The summed E-state index contributed by atoms with van der Waals surface area (Å²) >= 11 is 0. The minimum atomic E-state index is 0.0521. The molecule has 0 aliphatic carbocycles. The number of aliphatic hydroxyl groups is 1. The third-order valence-corrected chi connectivity index (χ3v) is 5.18. The zero-order valence-electron chi connectivity index (χ0n) is 14.3. The van der Waals surface area contributed by atoms with Gasteiger partial charge >= 0.3 is 0 Å². The number of hydrogen-bond acceptors (Lipinski definition) is 3. The van der Waals surface area contributed by atoms with Gasteiger partial charge in [-0.1, -0.05) is 6.92 Å². The number of carbonyl (C=O) groups is 2. The standard InChI is InChI=1S/C19H26N2O3/c1-2-18(23)21-11-8-14-13-15(6-7-17(14)21)19(24)20-10-4-3-5-16(20)9-12-22/h6-7,13,16,22H,2-5,8-12H2,1H3. The Morgan fingerprint density at radius 3 is 2.83 bits per heavy atom. The van der Waals surface area contributed by atoms with Gasteiger partial charge in [0.05, 0.1) is 0 Å². The van der Waals surface area contributed by atoms with E-state index >= 15 is 0 Å². The molecular formula is C19H26N2O3. The van der Waals surface area contributed by atoms with Crippen molar-refractivity contribution in [2.45, 2.75) is 51.5 Å². The molecule has 1 unspecified atom stereocenters. The van der Waals surface area contributed by atoms with Crippen LogP contribution in [0, 0.1) is 0 Å². The number of rotatable bonds is 4. The van der Waals surface area contributed by atoms with Crippen molar-refractivity contribution in [2.75, 3.05) is 24.6 Å². The molecule has 24 heavy (non-hydrogen) atoms. The predicted octanol–water partition coefficient (Wildman–Crippen LogP) is 2.36. The lowest BCUT2D eigenvalue weighted by molar-refractivity contribution is -0.118. The molecule has 0 aromatic heterocycles. The van der Waals surface area contributed by atoms with Crippen LogP contribution in [0.5, 0.6) is 0 Å². The maximum atomic E-state index is 12.9. The zero-order chi connectivity index (χ0) is 17.1. The van der Waals surface area contributed by atoms with Gasteiger partial charge in [-0.05, 0) is 55.9 Å². The first-order valence-electron chi connectivity index (χ1n) is 9.00. The summed E-state index contributed by atoms with van der Waals surface area (Å²) in [7, 11) is 0. The summed E-state index contributed by atoms with van der Waals surface area (Å²) in [6.07, 6.45) is 5.06. The average molecular weight is 330 g/mol. The summed E-state index contributed by atoms with van der Waals surface area (Å²) in [5.41, 5.74) is 2.73. The van der Waals surface area contributed by atoms with E-state index in [9.17, 15) is 14.7 Å². The van der Waals surface area contributed by atoms with Crippen LogP contribution in [0.15, 0.2) is 18.2 Å². The van der Waals surface area contributed by atoms with Crippen molar-refractivity contribution >= 4 is 17.5 Å². The lowest BCUT2D eigenvalue weighted by atomic mass is 9.98. The van der Waals surface area contributed by atoms with Crippen LogP contribution in [0.25, 0.3) is 0 Å². The molecule has 1 fully saturated rings. The molecule has 0 radical (unpaired) electrons. The molecule has 1 N–H and O–H groups in total. The molecule has 0 spiro atoms. The van der Waals surface area contributed by atoms with E-state index in [-0.39, 0.29) is 24.5 Å². The molecule has 5 heteroatoms. The molecule has 2 heterocycles. The van der Waals surface area contributed by atoms with Gasteiger partial charge in [0.25, 0.3) is 5.91 Å². The first-order chi connectivity index (χ1) is 11.7. The minimum absolute atomic E-state index is 0.0521. The predicted molar refractivity (Wildman–Crippen MR) is 93.2 cm³/mol. The van der Waals surface area contributed by atoms with Crippen LogP contribution in [-0.4, -0.2) is 47.6 Å². The maximum Gasteiger partial charge on any atom is 0.254 e. The van der Waals surface area contributed by atoms with Gasteiger partial charge in [0, 0.05) is 43.4 Å². The summed E-state index contributed by atoms with van der Waals surface area (Å²) < 4.78 is 0. The summed E-state index contributed by atoms with van der Waals surface area (Å²) in [5, 5.41) is 9.24. The number of benzene rings is 1. The summed E-state index contributed by atoms with van der Waals surface area (Å²) in [5.74, 6) is 0.183.